The van der Waals surface area contributed by atoms with Gasteiger partial charge in [-0.1, -0.05) is 36.4 Å². The molecule has 1 heterocycles. The summed E-state index contributed by atoms with van der Waals surface area (Å²) in [6.45, 7) is 5.52. The zero-order chi connectivity index (χ0) is 29.1. The van der Waals surface area contributed by atoms with E-state index in [-0.39, 0.29) is 24.7 Å². The molecule has 10 heteroatoms. The van der Waals surface area contributed by atoms with Crippen LogP contribution < -0.4 is 9.47 Å². The molecular weight excluding hydrogens is 540 g/mol. The van der Waals surface area contributed by atoms with Crippen LogP contribution in [0.5, 0.6) is 11.5 Å². The van der Waals surface area contributed by atoms with Gasteiger partial charge in [0, 0.05) is 18.2 Å². The van der Waals surface area contributed by atoms with Gasteiger partial charge in [0.15, 0.2) is 11.6 Å². The molecule has 1 aliphatic rings. The van der Waals surface area contributed by atoms with Crippen LogP contribution in [-0.2, 0) is 32.7 Å². The first-order valence-corrected chi connectivity index (χ1v) is 14.5. The van der Waals surface area contributed by atoms with E-state index in [9.17, 15) is 22.0 Å². The van der Waals surface area contributed by atoms with Crippen LogP contribution in [0.4, 0.5) is 8.78 Å². The number of esters is 1. The second kappa shape index (κ2) is 11.9. The monoisotopic (exact) mass is 573 g/mol. The average Bonchev–Trinajstić information content (AvgIpc) is 2.89. The second-order valence-electron chi connectivity index (χ2n) is 10.7. The van der Waals surface area contributed by atoms with Gasteiger partial charge in [-0.3, -0.25) is 4.79 Å². The zero-order valence-corrected chi connectivity index (χ0v) is 23.8. The first-order valence-electron chi connectivity index (χ1n) is 12.9. The minimum absolute atomic E-state index is 0.0124. The van der Waals surface area contributed by atoms with Crippen LogP contribution in [0, 0.1) is 11.6 Å². The molecular formula is C30H33F2NO6S. The van der Waals surface area contributed by atoms with Crippen molar-refractivity contribution in [1.29, 1.82) is 0 Å². The molecule has 1 saturated heterocycles. The Hall–Kier alpha value is -3.50. The van der Waals surface area contributed by atoms with Crippen molar-refractivity contribution in [2.45, 2.75) is 58.4 Å². The molecule has 1 unspecified atom stereocenters. The summed E-state index contributed by atoms with van der Waals surface area (Å²) in [6, 6.07) is 15.4. The Labute approximate surface area is 233 Å². The van der Waals surface area contributed by atoms with Crippen LogP contribution in [0.1, 0.15) is 44.7 Å². The van der Waals surface area contributed by atoms with E-state index in [0.29, 0.717) is 29.7 Å². The lowest BCUT2D eigenvalue weighted by atomic mass is 10.0. The SMILES string of the molecule is COc1cc(F)c(F)cc1-c1ccc(OCc2cccc(CN3C(C(=O)OC(C)(C)C)CCCS3(=O)=O)c2)cc1. The molecule has 0 radical (unpaired) electrons. The summed E-state index contributed by atoms with van der Waals surface area (Å²) in [7, 11) is -2.24. The van der Waals surface area contributed by atoms with Gasteiger partial charge in [-0.25, -0.2) is 17.2 Å². The van der Waals surface area contributed by atoms with Crippen molar-refractivity contribution in [3.63, 3.8) is 0 Å². The van der Waals surface area contributed by atoms with Gasteiger partial charge in [0.05, 0.1) is 12.9 Å². The molecule has 0 spiro atoms. The van der Waals surface area contributed by atoms with Gasteiger partial charge in [-0.05, 0) is 68.5 Å². The van der Waals surface area contributed by atoms with Gasteiger partial charge in [0.25, 0.3) is 0 Å². The van der Waals surface area contributed by atoms with Crippen LogP contribution in [0.3, 0.4) is 0 Å². The van der Waals surface area contributed by atoms with Gasteiger partial charge in [-0.2, -0.15) is 4.31 Å². The summed E-state index contributed by atoms with van der Waals surface area (Å²) in [6.07, 6.45) is 0.807. The topological polar surface area (TPSA) is 82.1 Å². The van der Waals surface area contributed by atoms with E-state index in [2.05, 4.69) is 0 Å². The smallest absolute Gasteiger partial charge is 0.324 e. The number of nitrogens with zero attached hydrogens (tertiary/aromatic N) is 1. The lowest BCUT2D eigenvalue weighted by Crippen LogP contribution is -2.50. The molecule has 7 nitrogen and oxygen atoms in total. The molecule has 0 aromatic heterocycles. The Bertz CT molecular complexity index is 1470. The number of carbonyl (C=O) groups is 1. The highest BCUT2D eigenvalue weighted by molar-refractivity contribution is 7.89. The van der Waals surface area contributed by atoms with Crippen LogP contribution in [0.25, 0.3) is 11.1 Å². The van der Waals surface area contributed by atoms with Gasteiger partial charge in [0.2, 0.25) is 10.0 Å². The van der Waals surface area contributed by atoms with Crippen molar-refractivity contribution in [3.05, 3.63) is 83.4 Å². The fraction of sp³-hybridized carbons (Fsp3) is 0.367. The van der Waals surface area contributed by atoms with E-state index in [1.54, 1.807) is 45.0 Å². The number of sulfonamides is 1. The van der Waals surface area contributed by atoms with Crippen molar-refractivity contribution in [3.8, 4) is 22.6 Å². The number of benzene rings is 3. The van der Waals surface area contributed by atoms with E-state index in [0.717, 1.165) is 23.3 Å². The highest BCUT2D eigenvalue weighted by Gasteiger charge is 2.40. The van der Waals surface area contributed by atoms with Crippen molar-refractivity contribution in [2.24, 2.45) is 0 Å². The Morgan fingerprint density at radius 1 is 1.00 bits per heavy atom. The van der Waals surface area contributed by atoms with Crippen LogP contribution >= 0.6 is 0 Å². The first-order chi connectivity index (χ1) is 18.9. The fourth-order valence-electron chi connectivity index (χ4n) is 4.55. The van der Waals surface area contributed by atoms with Crippen LogP contribution in [0.2, 0.25) is 0 Å². The largest absolute Gasteiger partial charge is 0.496 e. The number of ether oxygens (including phenoxy) is 3. The average molecular weight is 574 g/mol. The fourth-order valence-corrected chi connectivity index (χ4v) is 6.24. The van der Waals surface area contributed by atoms with Crippen molar-refractivity contribution in [1.82, 2.24) is 4.31 Å². The Morgan fingerprint density at radius 2 is 1.68 bits per heavy atom. The summed E-state index contributed by atoms with van der Waals surface area (Å²) in [4.78, 5) is 12.8. The third-order valence-electron chi connectivity index (χ3n) is 6.41. The van der Waals surface area contributed by atoms with Gasteiger partial charge in [0.1, 0.15) is 29.7 Å². The normalized spacial score (nSPS) is 17.3. The molecule has 3 aromatic rings. The number of halogens is 2. The van der Waals surface area contributed by atoms with E-state index in [1.807, 2.05) is 24.3 Å². The molecule has 3 aromatic carbocycles. The molecule has 4 rings (SSSR count). The number of carbonyl (C=O) groups excluding carboxylic acids is 1. The van der Waals surface area contributed by atoms with E-state index in [1.165, 1.54) is 11.4 Å². The molecule has 0 amide bonds. The lowest BCUT2D eigenvalue weighted by Gasteiger charge is -2.35. The molecule has 0 bridgehead atoms. The van der Waals surface area contributed by atoms with Crippen molar-refractivity contribution in [2.75, 3.05) is 12.9 Å². The predicted molar refractivity (Wildman–Crippen MR) is 147 cm³/mol. The Balaban J connectivity index is 1.45. The first kappa shape index (κ1) is 29.5. The molecule has 214 valence electrons. The number of methoxy groups -OCH3 is 1. The minimum atomic E-state index is -3.63. The third-order valence-corrected chi connectivity index (χ3v) is 8.31. The molecule has 0 saturated carbocycles. The Morgan fingerprint density at radius 3 is 2.35 bits per heavy atom. The molecule has 40 heavy (non-hydrogen) atoms. The molecule has 0 aliphatic carbocycles. The maximum Gasteiger partial charge on any atom is 0.324 e. The van der Waals surface area contributed by atoms with Crippen molar-refractivity contribution >= 4 is 16.0 Å². The summed E-state index contributed by atoms with van der Waals surface area (Å²) in [5, 5.41) is 0. The van der Waals surface area contributed by atoms with Crippen LogP contribution in [-0.4, -0.2) is 43.2 Å². The van der Waals surface area contributed by atoms with E-state index in [4.69, 9.17) is 14.2 Å². The Kier molecular flexibility index (Phi) is 8.80. The summed E-state index contributed by atoms with van der Waals surface area (Å²) in [5.74, 6) is -1.73. The lowest BCUT2D eigenvalue weighted by molar-refractivity contribution is -0.160. The second-order valence-corrected chi connectivity index (χ2v) is 12.7. The molecule has 1 fully saturated rings. The minimum Gasteiger partial charge on any atom is -0.496 e. The third kappa shape index (κ3) is 7.17. The maximum atomic E-state index is 13.8. The highest BCUT2D eigenvalue weighted by atomic mass is 32.2. The quantitative estimate of drug-likeness (QED) is 0.314. The number of rotatable bonds is 8. The summed E-state index contributed by atoms with van der Waals surface area (Å²) in [5.41, 5.74) is 1.86. The van der Waals surface area contributed by atoms with Gasteiger partial charge in [-0.15, -0.1) is 0 Å². The number of hydrogen-bond acceptors (Lipinski definition) is 6. The molecule has 1 atom stereocenters. The summed E-state index contributed by atoms with van der Waals surface area (Å²) < 4.78 is 71.0. The maximum absolute atomic E-state index is 13.8. The van der Waals surface area contributed by atoms with Crippen LogP contribution in [0.15, 0.2) is 60.7 Å². The van der Waals surface area contributed by atoms with Gasteiger partial charge < -0.3 is 14.2 Å². The number of hydrogen-bond donors (Lipinski definition) is 0. The predicted octanol–water partition coefficient (Wildman–Crippen LogP) is 5.86. The standard InChI is InChI=1S/C30H33F2NO6S/c1-30(2,3)39-29(34)27-9-6-14-40(35,36)33(27)18-20-7-5-8-21(15-20)19-38-23-12-10-22(11-13-23)24-16-25(31)26(32)17-28(24)37-4/h5,7-8,10-13,15-17,27H,6,9,14,18-19H2,1-4H3. The molecule has 1 aliphatic heterocycles. The van der Waals surface area contributed by atoms with Crippen molar-refractivity contribution < 1.29 is 36.2 Å². The van der Waals surface area contributed by atoms with E-state index < -0.39 is 39.3 Å². The van der Waals surface area contributed by atoms with E-state index >= 15 is 0 Å². The van der Waals surface area contributed by atoms with Gasteiger partial charge >= 0.3 is 5.97 Å². The zero-order valence-electron chi connectivity index (χ0n) is 22.9. The highest BCUT2D eigenvalue weighted by Crippen LogP contribution is 2.33. The summed E-state index contributed by atoms with van der Waals surface area (Å²) >= 11 is 0. The molecule has 0 N–H and O–H groups in total.